The zero-order chi connectivity index (χ0) is 26.5. The summed E-state index contributed by atoms with van der Waals surface area (Å²) >= 11 is 1.32. The Labute approximate surface area is 217 Å². The zero-order valence-corrected chi connectivity index (χ0v) is 21.3. The monoisotopic (exact) mass is 524 g/mol. The second-order valence-corrected chi connectivity index (χ2v) is 9.46. The van der Waals surface area contributed by atoms with Crippen LogP contribution in [-0.4, -0.2) is 42.2 Å². The zero-order valence-electron chi connectivity index (χ0n) is 20.5. The van der Waals surface area contributed by atoms with Gasteiger partial charge in [0.25, 0.3) is 5.91 Å². The Bertz CT molecular complexity index is 1370. The fourth-order valence-corrected chi connectivity index (χ4v) is 4.92. The minimum atomic E-state index is -0.671. The highest BCUT2D eigenvalue weighted by molar-refractivity contribution is 7.20. The third-order valence-corrected chi connectivity index (χ3v) is 6.70. The second kappa shape index (κ2) is 11.3. The van der Waals surface area contributed by atoms with Gasteiger partial charge in [0.2, 0.25) is 5.88 Å². The normalized spacial score (nSPS) is 11.0. The smallest absolute Gasteiger partial charge is 0.260 e. The average molecular weight is 525 g/mol. The first kappa shape index (κ1) is 26.0. The number of nitrogen functional groups attached to an aromatic ring is 1. The summed E-state index contributed by atoms with van der Waals surface area (Å²) < 4.78 is 33.7. The number of nitrogens with two attached hydrogens (primary N) is 1. The van der Waals surface area contributed by atoms with Gasteiger partial charge in [0.15, 0.2) is 5.82 Å². The van der Waals surface area contributed by atoms with E-state index < -0.39 is 17.5 Å². The highest BCUT2D eigenvalue weighted by Crippen LogP contribution is 2.42. The summed E-state index contributed by atoms with van der Waals surface area (Å²) in [5.41, 5.74) is 8.32. The summed E-state index contributed by atoms with van der Waals surface area (Å²) in [7, 11) is 5.25. The molecule has 0 saturated heterocycles. The van der Waals surface area contributed by atoms with Crippen LogP contribution in [0.2, 0.25) is 0 Å². The summed E-state index contributed by atoms with van der Waals surface area (Å²) in [5.74, 6) is -1.24. The number of carbonyl (C=O) groups excluding carboxylic acids is 1. The van der Waals surface area contributed by atoms with Crippen molar-refractivity contribution in [2.75, 3.05) is 37.6 Å². The van der Waals surface area contributed by atoms with E-state index in [1.54, 1.807) is 24.3 Å². The summed E-state index contributed by atoms with van der Waals surface area (Å²) in [6, 6.07) is 14.2. The van der Waals surface area contributed by atoms with Crippen LogP contribution in [0.3, 0.4) is 0 Å². The van der Waals surface area contributed by atoms with E-state index in [0.717, 1.165) is 16.0 Å². The van der Waals surface area contributed by atoms with Crippen molar-refractivity contribution in [3.05, 3.63) is 82.9 Å². The summed E-state index contributed by atoms with van der Waals surface area (Å²) in [6.07, 6.45) is 0. The molecule has 0 aliphatic rings. The Balaban J connectivity index is 1.78. The maximum atomic E-state index is 14.3. The van der Waals surface area contributed by atoms with Gasteiger partial charge in [0.1, 0.15) is 16.6 Å². The van der Waals surface area contributed by atoms with E-state index in [4.69, 9.17) is 10.5 Å². The fourth-order valence-electron chi connectivity index (χ4n) is 3.71. The number of benzene rings is 2. The first-order valence-corrected chi connectivity index (χ1v) is 12.1. The van der Waals surface area contributed by atoms with Gasteiger partial charge in [-0.05, 0) is 55.6 Å². The van der Waals surface area contributed by atoms with Gasteiger partial charge in [0.05, 0.1) is 12.7 Å². The third kappa shape index (κ3) is 6.01. The molecule has 8 nitrogen and oxygen atoms in total. The molecule has 0 fully saturated rings. The van der Waals surface area contributed by atoms with Crippen molar-refractivity contribution in [2.45, 2.75) is 13.1 Å². The lowest BCUT2D eigenvalue weighted by molar-refractivity contribution is 0.102. The number of aromatic nitrogens is 2. The molecule has 2 aromatic heterocycles. The molecule has 37 heavy (non-hydrogen) atoms. The minimum Gasteiger partial charge on any atom is -0.480 e. The molecule has 0 atom stereocenters. The minimum absolute atomic E-state index is 0.119. The molecule has 4 aromatic rings. The molecule has 0 aliphatic carbocycles. The quantitative estimate of drug-likeness (QED) is 0.265. The SMILES string of the molecule is COc1ccc(NC(=O)c2c(NCc3c(F)cccc3F)sc(-c3ccc(N)cc3)c2CN(C)C)nn1. The van der Waals surface area contributed by atoms with Crippen molar-refractivity contribution in [1.29, 1.82) is 0 Å². The third-order valence-electron chi connectivity index (χ3n) is 5.46. The Hall–Kier alpha value is -4.09. The Morgan fingerprint density at radius 1 is 1.03 bits per heavy atom. The van der Waals surface area contributed by atoms with Crippen LogP contribution >= 0.6 is 11.3 Å². The van der Waals surface area contributed by atoms with E-state index in [-0.39, 0.29) is 17.9 Å². The lowest BCUT2D eigenvalue weighted by Crippen LogP contribution is -2.19. The van der Waals surface area contributed by atoms with Crippen LogP contribution in [0.4, 0.5) is 25.3 Å². The van der Waals surface area contributed by atoms with Crippen LogP contribution in [0.1, 0.15) is 21.5 Å². The molecule has 0 unspecified atom stereocenters. The van der Waals surface area contributed by atoms with Crippen molar-refractivity contribution in [2.24, 2.45) is 0 Å². The van der Waals surface area contributed by atoms with Gasteiger partial charge in [-0.25, -0.2) is 8.78 Å². The molecule has 1 amide bonds. The summed E-state index contributed by atoms with van der Waals surface area (Å²) in [6.45, 7) is 0.285. The lowest BCUT2D eigenvalue weighted by atomic mass is 10.0. The van der Waals surface area contributed by atoms with Crippen molar-refractivity contribution in [3.8, 4) is 16.3 Å². The Morgan fingerprint density at radius 3 is 2.32 bits per heavy atom. The van der Waals surface area contributed by atoms with Gasteiger partial charge in [-0.2, -0.15) is 0 Å². The van der Waals surface area contributed by atoms with Crippen LogP contribution in [-0.2, 0) is 13.1 Å². The number of nitrogens with one attached hydrogen (secondary N) is 2. The number of rotatable bonds is 9. The number of ether oxygens (including phenoxy) is 1. The van der Waals surface area contributed by atoms with E-state index in [0.29, 0.717) is 28.7 Å². The van der Waals surface area contributed by atoms with Gasteiger partial charge < -0.3 is 26.0 Å². The molecule has 0 saturated carbocycles. The van der Waals surface area contributed by atoms with E-state index >= 15 is 0 Å². The number of hydrogen-bond acceptors (Lipinski definition) is 8. The summed E-state index contributed by atoms with van der Waals surface area (Å²) in [4.78, 5) is 16.4. The number of amides is 1. The highest BCUT2D eigenvalue weighted by Gasteiger charge is 2.26. The second-order valence-electron chi connectivity index (χ2n) is 8.44. The molecule has 0 aliphatic heterocycles. The van der Waals surface area contributed by atoms with Crippen molar-refractivity contribution < 1.29 is 18.3 Å². The van der Waals surface area contributed by atoms with Crippen LogP contribution in [0.5, 0.6) is 5.88 Å². The number of halogens is 2. The molecule has 0 spiro atoms. The van der Waals surface area contributed by atoms with Gasteiger partial charge in [0, 0.05) is 35.3 Å². The van der Waals surface area contributed by atoms with E-state index in [9.17, 15) is 13.6 Å². The number of carbonyl (C=O) groups is 1. The molecule has 11 heteroatoms. The lowest BCUT2D eigenvalue weighted by Gasteiger charge is -2.14. The standard InChI is InChI=1S/C26H26F2N6O2S/c1-34(2)14-18-23(25(35)31-21-11-12-22(36-3)33-32-21)26(30-13-17-19(27)5-4-6-20(17)28)37-24(18)15-7-9-16(29)10-8-15/h4-12,30H,13-14,29H2,1-3H3,(H,31,32,35). The topological polar surface area (TPSA) is 105 Å². The van der Waals surface area contributed by atoms with Crippen LogP contribution in [0.25, 0.3) is 10.4 Å². The number of anilines is 3. The molecule has 2 aromatic carbocycles. The number of thiophene rings is 1. The van der Waals surface area contributed by atoms with E-state index in [1.807, 2.05) is 31.1 Å². The predicted octanol–water partition coefficient (Wildman–Crippen LogP) is 5.00. The summed E-state index contributed by atoms with van der Waals surface area (Å²) in [5, 5.41) is 14.2. The number of methoxy groups -OCH3 is 1. The van der Waals surface area contributed by atoms with Crippen molar-refractivity contribution in [1.82, 2.24) is 15.1 Å². The van der Waals surface area contributed by atoms with Gasteiger partial charge in [-0.15, -0.1) is 21.5 Å². The Kier molecular flexibility index (Phi) is 7.95. The highest BCUT2D eigenvalue weighted by atomic mass is 32.1. The molecule has 4 N–H and O–H groups in total. The fraction of sp³-hybridized carbons (Fsp3) is 0.192. The molecule has 0 bridgehead atoms. The van der Waals surface area contributed by atoms with Crippen molar-refractivity contribution >= 4 is 33.8 Å². The average Bonchev–Trinajstić information content (AvgIpc) is 3.22. The molecular weight excluding hydrogens is 498 g/mol. The van der Waals surface area contributed by atoms with Crippen LogP contribution < -0.4 is 21.1 Å². The first-order valence-electron chi connectivity index (χ1n) is 11.3. The number of hydrogen-bond donors (Lipinski definition) is 3. The van der Waals surface area contributed by atoms with Crippen LogP contribution in [0, 0.1) is 11.6 Å². The maximum Gasteiger partial charge on any atom is 0.260 e. The molecule has 2 heterocycles. The van der Waals surface area contributed by atoms with E-state index in [2.05, 4.69) is 20.8 Å². The first-order chi connectivity index (χ1) is 17.8. The molecular formula is C26H26F2N6O2S. The predicted molar refractivity (Wildman–Crippen MR) is 142 cm³/mol. The largest absolute Gasteiger partial charge is 0.480 e. The van der Waals surface area contributed by atoms with Crippen molar-refractivity contribution in [3.63, 3.8) is 0 Å². The molecule has 4 rings (SSSR count). The van der Waals surface area contributed by atoms with Gasteiger partial charge >= 0.3 is 0 Å². The molecule has 0 radical (unpaired) electrons. The van der Waals surface area contributed by atoms with E-state index in [1.165, 1.54) is 36.6 Å². The van der Waals surface area contributed by atoms with Gasteiger partial charge in [-0.3, -0.25) is 4.79 Å². The molecule has 192 valence electrons. The Morgan fingerprint density at radius 2 is 1.73 bits per heavy atom. The maximum absolute atomic E-state index is 14.3. The van der Waals surface area contributed by atoms with Gasteiger partial charge in [-0.1, -0.05) is 18.2 Å². The van der Waals surface area contributed by atoms with Crippen LogP contribution in [0.15, 0.2) is 54.6 Å². The number of nitrogens with zero attached hydrogens (tertiary/aromatic N) is 3.